The molecule has 0 spiro atoms. The maximum Gasteiger partial charge on any atom is 0.276 e. The second-order valence-corrected chi connectivity index (χ2v) is 11.8. The zero-order valence-corrected chi connectivity index (χ0v) is 20.1. The monoisotopic (exact) mass is 463 g/mol. The molecule has 172 valence electrons. The number of benzene rings is 2. The van der Waals surface area contributed by atoms with E-state index in [4.69, 9.17) is 0 Å². The Hall–Kier alpha value is -2.93. The first-order chi connectivity index (χ1) is 15.6. The van der Waals surface area contributed by atoms with Crippen LogP contribution in [0.25, 0.3) is 0 Å². The zero-order valence-electron chi connectivity index (χ0n) is 19.3. The van der Waals surface area contributed by atoms with Gasteiger partial charge in [-0.2, -0.15) is 18.4 Å². The first-order valence-corrected chi connectivity index (χ1v) is 12.9. The summed E-state index contributed by atoms with van der Waals surface area (Å²) < 4.78 is 25.8. The Morgan fingerprint density at radius 2 is 1.79 bits per heavy atom. The van der Waals surface area contributed by atoms with Crippen LogP contribution in [0.2, 0.25) is 0 Å². The minimum Gasteiger partial charge on any atom is -0.366 e. The van der Waals surface area contributed by atoms with Crippen molar-refractivity contribution in [3.05, 3.63) is 76.5 Å². The molecule has 33 heavy (non-hydrogen) atoms. The summed E-state index contributed by atoms with van der Waals surface area (Å²) in [7, 11) is -3.83. The van der Waals surface area contributed by atoms with E-state index >= 15 is 0 Å². The zero-order chi connectivity index (χ0) is 23.4. The summed E-state index contributed by atoms with van der Waals surface area (Å²) >= 11 is 0. The van der Waals surface area contributed by atoms with Crippen molar-refractivity contribution in [2.24, 2.45) is 10.5 Å². The molecule has 6 nitrogen and oxygen atoms in total. The quantitative estimate of drug-likeness (QED) is 0.690. The molecule has 0 saturated carbocycles. The van der Waals surface area contributed by atoms with Gasteiger partial charge in [0.15, 0.2) is 5.78 Å². The van der Waals surface area contributed by atoms with Crippen molar-refractivity contribution in [1.29, 1.82) is 0 Å². The van der Waals surface area contributed by atoms with E-state index in [1.807, 2.05) is 13.0 Å². The van der Waals surface area contributed by atoms with Crippen LogP contribution in [0.3, 0.4) is 0 Å². The third kappa shape index (κ3) is 3.99. The van der Waals surface area contributed by atoms with Crippen molar-refractivity contribution in [3.63, 3.8) is 0 Å². The predicted octanol–water partition coefficient (Wildman–Crippen LogP) is 4.28. The van der Waals surface area contributed by atoms with Gasteiger partial charge in [0.05, 0.1) is 22.2 Å². The van der Waals surface area contributed by atoms with Crippen LogP contribution in [-0.4, -0.2) is 31.4 Å². The molecule has 0 amide bonds. The normalized spacial score (nSPS) is 23.1. The number of hydrogen-bond donors (Lipinski definition) is 1. The van der Waals surface area contributed by atoms with Gasteiger partial charge in [0.25, 0.3) is 10.0 Å². The van der Waals surface area contributed by atoms with Gasteiger partial charge in [-0.25, -0.2) is 0 Å². The molecule has 7 heteroatoms. The van der Waals surface area contributed by atoms with Gasteiger partial charge in [0, 0.05) is 25.1 Å². The summed E-state index contributed by atoms with van der Waals surface area (Å²) in [5.74, 6) is 0.0480. The molecule has 0 saturated heterocycles. The van der Waals surface area contributed by atoms with E-state index in [9.17, 15) is 13.2 Å². The molecule has 0 aromatic heterocycles. The van der Waals surface area contributed by atoms with Crippen LogP contribution in [-0.2, 0) is 21.2 Å². The summed E-state index contributed by atoms with van der Waals surface area (Å²) in [5.41, 5.74) is 5.55. The Balaban J connectivity index is 1.57. The number of rotatable bonds is 3. The number of nitrogens with zero attached hydrogens (tertiary/aromatic N) is 2. The number of sulfonamides is 1. The van der Waals surface area contributed by atoms with Crippen molar-refractivity contribution in [1.82, 2.24) is 9.73 Å². The number of carbonyl (C=O) groups excluding carboxylic acids is 1. The van der Waals surface area contributed by atoms with E-state index in [0.717, 1.165) is 30.6 Å². The van der Waals surface area contributed by atoms with Crippen molar-refractivity contribution < 1.29 is 13.2 Å². The molecule has 2 aromatic carbocycles. The van der Waals surface area contributed by atoms with Crippen LogP contribution in [0, 0.1) is 12.3 Å². The summed E-state index contributed by atoms with van der Waals surface area (Å²) in [4.78, 5) is 18.2. The summed E-state index contributed by atoms with van der Waals surface area (Å²) in [6.45, 7) is 7.00. The van der Waals surface area contributed by atoms with Gasteiger partial charge < -0.3 is 4.90 Å². The molecule has 0 bridgehead atoms. The maximum absolute atomic E-state index is 13.3. The second kappa shape index (κ2) is 7.83. The van der Waals surface area contributed by atoms with Crippen molar-refractivity contribution in [3.8, 4) is 0 Å². The lowest BCUT2D eigenvalue weighted by Crippen LogP contribution is -2.46. The number of hydrazone groups is 1. The number of carbonyl (C=O) groups is 1. The van der Waals surface area contributed by atoms with Crippen LogP contribution in [0.4, 0.5) is 0 Å². The Morgan fingerprint density at radius 3 is 2.55 bits per heavy atom. The third-order valence-corrected chi connectivity index (χ3v) is 8.14. The molecule has 0 fully saturated rings. The topological polar surface area (TPSA) is 78.8 Å². The van der Waals surface area contributed by atoms with Crippen molar-refractivity contribution >= 4 is 21.5 Å². The van der Waals surface area contributed by atoms with Crippen LogP contribution in [0.1, 0.15) is 55.8 Å². The predicted molar refractivity (Wildman–Crippen MR) is 128 cm³/mol. The fraction of sp³-hybridized carbons (Fsp3) is 0.385. The summed E-state index contributed by atoms with van der Waals surface area (Å²) in [6, 6.07) is 15.1. The lowest BCUT2D eigenvalue weighted by molar-refractivity contribution is -0.118. The van der Waals surface area contributed by atoms with Gasteiger partial charge >= 0.3 is 0 Å². The van der Waals surface area contributed by atoms with Gasteiger partial charge in [0.2, 0.25) is 0 Å². The molecule has 2 aromatic rings. The van der Waals surface area contributed by atoms with Crippen LogP contribution in [0.5, 0.6) is 0 Å². The van der Waals surface area contributed by atoms with E-state index in [1.54, 1.807) is 24.3 Å². The maximum atomic E-state index is 13.3. The fourth-order valence-corrected chi connectivity index (χ4v) is 6.16. The van der Waals surface area contributed by atoms with Gasteiger partial charge in [-0.1, -0.05) is 55.8 Å². The SMILES string of the molecule is Cc1ccc(S(=O)(=O)NN=C2CC3c4ccccc4CCN3C3=C2C(=O)CC(C)(C)C3)cc1. The molecule has 3 aliphatic rings. The van der Waals surface area contributed by atoms with E-state index in [1.165, 1.54) is 11.1 Å². The van der Waals surface area contributed by atoms with Gasteiger partial charge in [-0.05, 0) is 48.4 Å². The van der Waals surface area contributed by atoms with Crippen LogP contribution < -0.4 is 4.83 Å². The van der Waals surface area contributed by atoms with E-state index in [-0.39, 0.29) is 22.1 Å². The highest BCUT2D eigenvalue weighted by atomic mass is 32.2. The lowest BCUT2D eigenvalue weighted by atomic mass is 9.71. The van der Waals surface area contributed by atoms with E-state index in [2.05, 4.69) is 46.9 Å². The molecule has 1 N–H and O–H groups in total. The number of fused-ring (bicyclic) bond motifs is 4. The fourth-order valence-electron chi connectivity index (χ4n) is 5.33. The molecular weight excluding hydrogens is 434 g/mol. The Kier molecular flexibility index (Phi) is 5.20. The highest BCUT2D eigenvalue weighted by Gasteiger charge is 2.44. The third-order valence-electron chi connectivity index (χ3n) is 6.92. The molecule has 0 radical (unpaired) electrons. The van der Waals surface area contributed by atoms with E-state index < -0.39 is 10.0 Å². The largest absolute Gasteiger partial charge is 0.366 e. The molecule has 1 unspecified atom stereocenters. The first kappa shape index (κ1) is 21.9. The average molecular weight is 464 g/mol. The number of ketones is 1. The van der Waals surface area contributed by atoms with Gasteiger partial charge in [-0.3, -0.25) is 4.79 Å². The number of Topliss-reactive ketones (excluding diaryl/α,β-unsaturated/α-hetero) is 1. The van der Waals surface area contributed by atoms with Crippen molar-refractivity contribution in [2.45, 2.75) is 57.4 Å². The highest BCUT2D eigenvalue weighted by Crippen LogP contribution is 2.47. The van der Waals surface area contributed by atoms with Gasteiger partial charge in [-0.15, -0.1) is 0 Å². The second-order valence-electron chi connectivity index (χ2n) is 10.1. The minimum atomic E-state index is -3.83. The summed E-state index contributed by atoms with van der Waals surface area (Å²) in [5, 5.41) is 4.37. The lowest BCUT2D eigenvalue weighted by Gasteiger charge is -2.48. The van der Waals surface area contributed by atoms with Crippen LogP contribution >= 0.6 is 0 Å². The minimum absolute atomic E-state index is 0.0480. The molecule has 1 atom stereocenters. The number of nitrogens with one attached hydrogen (secondary N) is 1. The molecule has 1 aliphatic carbocycles. The van der Waals surface area contributed by atoms with Crippen LogP contribution in [0.15, 0.2) is 69.8 Å². The molecular formula is C26H29N3O3S. The smallest absolute Gasteiger partial charge is 0.276 e. The van der Waals surface area contributed by atoms with Crippen molar-refractivity contribution in [2.75, 3.05) is 6.54 Å². The average Bonchev–Trinajstić information content (AvgIpc) is 2.76. The number of hydrogen-bond acceptors (Lipinski definition) is 5. The molecule has 2 heterocycles. The number of aryl methyl sites for hydroxylation is 1. The standard InChI is InChI=1S/C26H29N3O3S/c1-17-8-10-19(11-9-17)33(31,32)28-27-21-14-22-20-7-5-4-6-18(20)12-13-29(22)23-15-26(2,3)16-24(30)25(21)23/h4-11,22,28H,12-16H2,1-3H3. The van der Waals surface area contributed by atoms with E-state index in [0.29, 0.717) is 24.1 Å². The number of allylic oxidation sites excluding steroid dienone is 2. The summed E-state index contributed by atoms with van der Waals surface area (Å²) in [6.07, 6.45) is 2.64. The first-order valence-electron chi connectivity index (χ1n) is 11.4. The molecule has 5 rings (SSSR count). The Morgan fingerprint density at radius 1 is 1.06 bits per heavy atom. The van der Waals surface area contributed by atoms with Gasteiger partial charge in [0.1, 0.15) is 0 Å². The highest BCUT2D eigenvalue weighted by molar-refractivity contribution is 7.89. The Bertz CT molecular complexity index is 1290. The Labute approximate surface area is 195 Å². The molecule has 2 aliphatic heterocycles.